The molecule has 0 aliphatic heterocycles. The standard InChI is InChI=1S/C13H14BrFN2O2S2/c1-8(4-9-2-3-20-7-9)17-21(18,19)12-6-10(16)5-11(14)13(12)15/h2-3,5-8,17H,4,16H2,1H3. The lowest BCUT2D eigenvalue weighted by atomic mass is 10.1. The molecule has 0 amide bonds. The quantitative estimate of drug-likeness (QED) is 0.767. The van der Waals surface area contributed by atoms with Crippen molar-refractivity contribution in [3.05, 3.63) is 44.8 Å². The molecule has 1 aromatic carbocycles. The zero-order valence-corrected chi connectivity index (χ0v) is 14.4. The summed E-state index contributed by atoms with van der Waals surface area (Å²) in [5.74, 6) is -0.848. The highest BCUT2D eigenvalue weighted by Gasteiger charge is 2.23. The van der Waals surface area contributed by atoms with Crippen molar-refractivity contribution in [3.63, 3.8) is 0 Å². The highest BCUT2D eigenvalue weighted by atomic mass is 79.9. The summed E-state index contributed by atoms with van der Waals surface area (Å²) in [5, 5.41) is 3.87. The molecule has 0 radical (unpaired) electrons. The summed E-state index contributed by atoms with van der Waals surface area (Å²) in [6.07, 6.45) is 0.536. The van der Waals surface area contributed by atoms with Gasteiger partial charge in [0, 0.05) is 11.7 Å². The smallest absolute Gasteiger partial charge is 0.243 e. The third kappa shape index (κ3) is 4.03. The zero-order valence-electron chi connectivity index (χ0n) is 11.1. The zero-order chi connectivity index (χ0) is 15.6. The Hall–Kier alpha value is -0.960. The van der Waals surface area contributed by atoms with Crippen LogP contribution in [-0.2, 0) is 16.4 Å². The van der Waals surface area contributed by atoms with Crippen LogP contribution in [0.2, 0.25) is 0 Å². The maximum absolute atomic E-state index is 14.0. The van der Waals surface area contributed by atoms with Gasteiger partial charge >= 0.3 is 0 Å². The number of nitrogens with one attached hydrogen (secondary N) is 1. The van der Waals surface area contributed by atoms with E-state index in [4.69, 9.17) is 5.73 Å². The molecular formula is C13H14BrFN2O2S2. The Bertz CT molecular complexity index is 733. The minimum atomic E-state index is -3.97. The van der Waals surface area contributed by atoms with Gasteiger partial charge in [-0.05, 0) is 63.8 Å². The van der Waals surface area contributed by atoms with Crippen molar-refractivity contribution < 1.29 is 12.8 Å². The Morgan fingerprint density at radius 2 is 2.19 bits per heavy atom. The number of halogens is 2. The van der Waals surface area contributed by atoms with Crippen LogP contribution in [-0.4, -0.2) is 14.5 Å². The summed E-state index contributed by atoms with van der Waals surface area (Å²) < 4.78 is 41.0. The summed E-state index contributed by atoms with van der Waals surface area (Å²) in [6.45, 7) is 1.73. The first-order chi connectivity index (χ1) is 9.79. The first kappa shape index (κ1) is 16.4. The maximum atomic E-state index is 14.0. The van der Waals surface area contributed by atoms with E-state index < -0.39 is 20.7 Å². The average Bonchev–Trinajstić information content (AvgIpc) is 2.85. The maximum Gasteiger partial charge on any atom is 0.243 e. The Balaban J connectivity index is 2.22. The first-order valence-electron chi connectivity index (χ1n) is 6.07. The van der Waals surface area contributed by atoms with Crippen molar-refractivity contribution in [2.45, 2.75) is 24.3 Å². The van der Waals surface area contributed by atoms with Gasteiger partial charge in [0.15, 0.2) is 5.82 Å². The minimum Gasteiger partial charge on any atom is -0.399 e. The summed E-state index contributed by atoms with van der Waals surface area (Å²) in [6, 6.07) is 4.00. The van der Waals surface area contributed by atoms with Crippen LogP contribution in [0.25, 0.3) is 0 Å². The van der Waals surface area contributed by atoms with Crippen LogP contribution in [0.3, 0.4) is 0 Å². The minimum absolute atomic E-state index is 0.0216. The molecule has 1 unspecified atom stereocenters. The first-order valence-corrected chi connectivity index (χ1v) is 9.29. The van der Waals surface area contributed by atoms with Gasteiger partial charge in [-0.3, -0.25) is 0 Å². The molecule has 1 heterocycles. The van der Waals surface area contributed by atoms with Crippen LogP contribution in [0.4, 0.5) is 10.1 Å². The average molecular weight is 393 g/mol. The number of nitrogen functional groups attached to an aromatic ring is 1. The predicted molar refractivity (Wildman–Crippen MR) is 86.3 cm³/mol. The molecule has 0 saturated carbocycles. The molecule has 2 aromatic rings. The topological polar surface area (TPSA) is 72.2 Å². The lowest BCUT2D eigenvalue weighted by molar-refractivity contribution is 0.540. The van der Waals surface area contributed by atoms with Gasteiger partial charge in [-0.2, -0.15) is 11.3 Å². The molecule has 0 fully saturated rings. The monoisotopic (exact) mass is 392 g/mol. The molecule has 1 aromatic heterocycles. The Labute approximate surface area is 135 Å². The van der Waals surface area contributed by atoms with Crippen molar-refractivity contribution in [2.24, 2.45) is 0 Å². The molecule has 114 valence electrons. The summed E-state index contributed by atoms with van der Waals surface area (Å²) in [5.41, 5.74) is 6.78. The molecule has 0 aliphatic rings. The molecule has 21 heavy (non-hydrogen) atoms. The van der Waals surface area contributed by atoms with Gasteiger partial charge < -0.3 is 5.73 Å². The number of sulfonamides is 1. The van der Waals surface area contributed by atoms with Crippen LogP contribution < -0.4 is 10.5 Å². The fourth-order valence-corrected chi connectivity index (χ4v) is 4.58. The fourth-order valence-electron chi connectivity index (χ4n) is 1.91. The Morgan fingerprint density at radius 1 is 1.48 bits per heavy atom. The second-order valence-corrected chi connectivity index (χ2v) is 7.99. The van der Waals surface area contributed by atoms with Crippen LogP contribution >= 0.6 is 27.3 Å². The molecule has 0 bridgehead atoms. The Kier molecular flexibility index (Phi) is 5.03. The SMILES string of the molecule is CC(Cc1ccsc1)NS(=O)(=O)c1cc(N)cc(Br)c1F. The fraction of sp³-hybridized carbons (Fsp3) is 0.231. The molecule has 4 nitrogen and oxygen atoms in total. The number of hydrogen-bond acceptors (Lipinski definition) is 4. The highest BCUT2D eigenvalue weighted by molar-refractivity contribution is 9.10. The normalized spacial score (nSPS) is 13.3. The summed E-state index contributed by atoms with van der Waals surface area (Å²) >= 11 is 4.50. The van der Waals surface area contributed by atoms with Crippen molar-refractivity contribution in [2.75, 3.05) is 5.73 Å². The third-order valence-electron chi connectivity index (χ3n) is 2.79. The Morgan fingerprint density at radius 3 is 2.81 bits per heavy atom. The molecule has 2 rings (SSSR count). The third-order valence-corrected chi connectivity index (χ3v) is 5.68. The molecule has 8 heteroatoms. The molecule has 0 saturated heterocycles. The van der Waals surface area contributed by atoms with Gasteiger partial charge in [-0.1, -0.05) is 0 Å². The summed E-state index contributed by atoms with van der Waals surface area (Å²) in [4.78, 5) is -0.452. The van der Waals surface area contributed by atoms with Gasteiger partial charge in [-0.15, -0.1) is 0 Å². The number of hydrogen-bond donors (Lipinski definition) is 2. The largest absolute Gasteiger partial charge is 0.399 e. The van der Waals surface area contributed by atoms with Crippen molar-refractivity contribution in [3.8, 4) is 0 Å². The highest BCUT2D eigenvalue weighted by Crippen LogP contribution is 2.26. The van der Waals surface area contributed by atoms with E-state index in [1.807, 2.05) is 16.8 Å². The molecule has 3 N–H and O–H groups in total. The van der Waals surface area contributed by atoms with E-state index in [0.717, 1.165) is 11.6 Å². The van der Waals surface area contributed by atoms with E-state index in [2.05, 4.69) is 20.7 Å². The van der Waals surface area contributed by atoms with Crippen molar-refractivity contribution in [1.29, 1.82) is 0 Å². The van der Waals surface area contributed by atoms with E-state index >= 15 is 0 Å². The van der Waals surface area contributed by atoms with Crippen LogP contribution in [0.15, 0.2) is 38.3 Å². The number of nitrogens with two attached hydrogens (primary N) is 1. The predicted octanol–water partition coefficient (Wildman–Crippen LogP) is 3.14. The van der Waals surface area contributed by atoms with E-state index in [-0.39, 0.29) is 16.2 Å². The van der Waals surface area contributed by atoms with E-state index in [9.17, 15) is 12.8 Å². The molecule has 0 spiro atoms. The van der Waals surface area contributed by atoms with Crippen LogP contribution in [0.1, 0.15) is 12.5 Å². The van der Waals surface area contributed by atoms with Gasteiger partial charge in [0.05, 0.1) is 4.47 Å². The molecule has 1 atom stereocenters. The van der Waals surface area contributed by atoms with E-state index in [0.29, 0.717) is 6.42 Å². The van der Waals surface area contributed by atoms with Gasteiger partial charge in [-0.25, -0.2) is 17.5 Å². The number of anilines is 1. The number of thiophene rings is 1. The molecule has 0 aliphatic carbocycles. The lowest BCUT2D eigenvalue weighted by Crippen LogP contribution is -2.34. The number of benzene rings is 1. The second-order valence-electron chi connectivity index (χ2n) is 4.67. The van der Waals surface area contributed by atoms with E-state index in [1.165, 1.54) is 6.07 Å². The lowest BCUT2D eigenvalue weighted by Gasteiger charge is -2.15. The van der Waals surface area contributed by atoms with Gasteiger partial charge in [0.2, 0.25) is 10.0 Å². The van der Waals surface area contributed by atoms with Crippen LogP contribution in [0, 0.1) is 5.82 Å². The summed E-state index contributed by atoms with van der Waals surface area (Å²) in [7, 11) is -3.97. The molecular weight excluding hydrogens is 379 g/mol. The second kappa shape index (κ2) is 6.43. The van der Waals surface area contributed by atoms with Crippen molar-refractivity contribution in [1.82, 2.24) is 4.72 Å². The van der Waals surface area contributed by atoms with Crippen molar-refractivity contribution >= 4 is 43.0 Å². The van der Waals surface area contributed by atoms with Gasteiger partial charge in [0.1, 0.15) is 4.90 Å². The van der Waals surface area contributed by atoms with Gasteiger partial charge in [0.25, 0.3) is 0 Å². The van der Waals surface area contributed by atoms with Crippen LogP contribution in [0.5, 0.6) is 0 Å². The number of rotatable bonds is 5. The van der Waals surface area contributed by atoms with E-state index in [1.54, 1.807) is 18.3 Å².